The summed E-state index contributed by atoms with van der Waals surface area (Å²) >= 11 is 0. The normalized spacial score (nSPS) is 15.2. The number of benzene rings is 1. The molecule has 0 aliphatic carbocycles. The van der Waals surface area contributed by atoms with Crippen molar-refractivity contribution in [2.45, 2.75) is 26.4 Å². The van der Waals surface area contributed by atoms with E-state index in [1.165, 1.54) is 7.11 Å². The summed E-state index contributed by atoms with van der Waals surface area (Å²) in [5.74, 6) is -0.454. The van der Waals surface area contributed by atoms with E-state index in [0.29, 0.717) is 48.9 Å². The molecule has 0 N–H and O–H groups in total. The molecule has 1 amide bonds. The third-order valence-electron chi connectivity index (χ3n) is 4.01. The zero-order chi connectivity index (χ0) is 18.9. The molecule has 26 heavy (non-hydrogen) atoms. The van der Waals surface area contributed by atoms with E-state index in [2.05, 4.69) is 4.98 Å². The zero-order valence-electron chi connectivity index (χ0n) is 15.4. The number of carbonyl (C=O) groups excluding carboxylic acids is 2. The van der Waals surface area contributed by atoms with E-state index in [0.717, 1.165) is 0 Å². The lowest BCUT2D eigenvalue weighted by Gasteiger charge is -2.34. The summed E-state index contributed by atoms with van der Waals surface area (Å²) in [4.78, 5) is 32.1. The molecule has 0 atom stereocenters. The van der Waals surface area contributed by atoms with Crippen LogP contribution in [0.2, 0.25) is 0 Å². The Morgan fingerprint density at radius 3 is 2.46 bits per heavy atom. The SMILES string of the molecule is COC(=O)c1cccc2oc(N3CCN(C(=O)OC(C)(C)C)CC3)nc12. The maximum Gasteiger partial charge on any atom is 0.410 e. The Morgan fingerprint density at radius 2 is 1.85 bits per heavy atom. The number of carbonyl (C=O) groups is 2. The van der Waals surface area contributed by atoms with Gasteiger partial charge in [-0.1, -0.05) is 6.07 Å². The van der Waals surface area contributed by atoms with Crippen LogP contribution in [0, 0.1) is 0 Å². The number of hydrogen-bond acceptors (Lipinski definition) is 7. The molecule has 1 aromatic heterocycles. The lowest BCUT2D eigenvalue weighted by atomic mass is 10.2. The number of aromatic nitrogens is 1. The van der Waals surface area contributed by atoms with Gasteiger partial charge in [-0.3, -0.25) is 0 Å². The molecule has 2 heterocycles. The van der Waals surface area contributed by atoms with Gasteiger partial charge < -0.3 is 23.7 Å². The molecule has 2 aromatic rings. The average Bonchev–Trinajstić information content (AvgIpc) is 3.04. The smallest absolute Gasteiger partial charge is 0.410 e. The maximum atomic E-state index is 12.1. The van der Waals surface area contributed by atoms with Crippen LogP contribution in [0.25, 0.3) is 11.1 Å². The van der Waals surface area contributed by atoms with Gasteiger partial charge in [-0.2, -0.15) is 4.98 Å². The second-order valence-corrected chi connectivity index (χ2v) is 7.09. The number of piperazine rings is 1. The fraction of sp³-hybridized carbons (Fsp3) is 0.500. The third kappa shape index (κ3) is 3.74. The van der Waals surface area contributed by atoms with Gasteiger partial charge in [0.25, 0.3) is 6.01 Å². The van der Waals surface area contributed by atoms with Crippen LogP contribution in [-0.4, -0.2) is 60.8 Å². The fourth-order valence-electron chi connectivity index (χ4n) is 2.75. The predicted molar refractivity (Wildman–Crippen MR) is 95.4 cm³/mol. The van der Waals surface area contributed by atoms with Gasteiger partial charge in [0.2, 0.25) is 0 Å². The molecular formula is C18H23N3O5. The summed E-state index contributed by atoms with van der Waals surface area (Å²) in [6, 6.07) is 5.57. The Bertz CT molecular complexity index is 816. The number of methoxy groups -OCH3 is 1. The molecule has 140 valence electrons. The maximum absolute atomic E-state index is 12.1. The van der Waals surface area contributed by atoms with E-state index in [-0.39, 0.29) is 6.09 Å². The van der Waals surface area contributed by atoms with Crippen LogP contribution >= 0.6 is 0 Å². The van der Waals surface area contributed by atoms with E-state index < -0.39 is 11.6 Å². The highest BCUT2D eigenvalue weighted by molar-refractivity contribution is 6.01. The Kier molecular flexibility index (Phi) is 4.76. The average molecular weight is 361 g/mol. The molecule has 1 aromatic carbocycles. The standard InChI is InChI=1S/C18H23N3O5/c1-18(2,3)26-17(23)21-10-8-20(9-11-21)16-19-14-12(15(22)24-4)6-5-7-13(14)25-16/h5-7H,8-11H2,1-4H3. The number of anilines is 1. The molecule has 1 aliphatic heterocycles. The lowest BCUT2D eigenvalue weighted by molar-refractivity contribution is 0.0238. The summed E-state index contributed by atoms with van der Waals surface area (Å²) in [5.41, 5.74) is 0.854. The number of nitrogens with zero attached hydrogens (tertiary/aromatic N) is 3. The van der Waals surface area contributed by atoms with Crippen molar-refractivity contribution < 1.29 is 23.5 Å². The number of rotatable bonds is 2. The summed E-state index contributed by atoms with van der Waals surface area (Å²) in [7, 11) is 1.33. The summed E-state index contributed by atoms with van der Waals surface area (Å²) in [5, 5.41) is 0. The van der Waals surface area contributed by atoms with E-state index in [9.17, 15) is 9.59 Å². The van der Waals surface area contributed by atoms with Crippen molar-refractivity contribution in [3.63, 3.8) is 0 Å². The van der Waals surface area contributed by atoms with Gasteiger partial charge in [-0.25, -0.2) is 9.59 Å². The summed E-state index contributed by atoms with van der Waals surface area (Å²) < 4.78 is 16.0. The number of amides is 1. The molecule has 0 bridgehead atoms. The molecule has 1 aliphatic rings. The van der Waals surface area contributed by atoms with Crippen molar-refractivity contribution in [3.8, 4) is 0 Å². The minimum atomic E-state index is -0.515. The molecule has 1 fully saturated rings. The van der Waals surface area contributed by atoms with Crippen LogP contribution in [0.1, 0.15) is 31.1 Å². The molecule has 8 heteroatoms. The Balaban J connectivity index is 1.72. The molecule has 0 radical (unpaired) electrons. The van der Waals surface area contributed by atoms with E-state index >= 15 is 0 Å². The van der Waals surface area contributed by atoms with Crippen LogP contribution in [-0.2, 0) is 9.47 Å². The second-order valence-electron chi connectivity index (χ2n) is 7.09. The summed E-state index contributed by atoms with van der Waals surface area (Å²) in [6.07, 6.45) is -0.317. The number of hydrogen-bond donors (Lipinski definition) is 0. The van der Waals surface area contributed by atoms with Crippen molar-refractivity contribution in [1.82, 2.24) is 9.88 Å². The quantitative estimate of drug-likeness (QED) is 0.760. The Hall–Kier alpha value is -2.77. The largest absolute Gasteiger partial charge is 0.465 e. The highest BCUT2D eigenvalue weighted by Gasteiger charge is 2.28. The zero-order valence-corrected chi connectivity index (χ0v) is 15.4. The van der Waals surface area contributed by atoms with E-state index in [1.54, 1.807) is 23.1 Å². The molecule has 0 saturated carbocycles. The highest BCUT2D eigenvalue weighted by atomic mass is 16.6. The van der Waals surface area contributed by atoms with Gasteiger partial charge in [0, 0.05) is 26.2 Å². The van der Waals surface area contributed by atoms with Gasteiger partial charge in [0.05, 0.1) is 12.7 Å². The predicted octanol–water partition coefficient (Wildman–Crippen LogP) is 2.67. The number of fused-ring (bicyclic) bond motifs is 1. The van der Waals surface area contributed by atoms with E-state index in [4.69, 9.17) is 13.9 Å². The van der Waals surface area contributed by atoms with Crippen molar-refractivity contribution in [3.05, 3.63) is 23.8 Å². The van der Waals surface area contributed by atoms with Crippen molar-refractivity contribution >= 4 is 29.2 Å². The first-order chi connectivity index (χ1) is 12.3. The first-order valence-corrected chi connectivity index (χ1v) is 8.49. The van der Waals surface area contributed by atoms with Crippen LogP contribution in [0.15, 0.2) is 22.6 Å². The summed E-state index contributed by atoms with van der Waals surface area (Å²) in [6.45, 7) is 7.70. The molecular weight excluding hydrogens is 338 g/mol. The number of oxazole rings is 1. The lowest BCUT2D eigenvalue weighted by Crippen LogP contribution is -2.50. The monoisotopic (exact) mass is 361 g/mol. The van der Waals surface area contributed by atoms with Crippen LogP contribution in [0.4, 0.5) is 10.8 Å². The Morgan fingerprint density at radius 1 is 1.15 bits per heavy atom. The number of ether oxygens (including phenoxy) is 2. The number of esters is 1. The molecule has 3 rings (SSSR count). The Labute approximate surface area is 151 Å². The molecule has 0 spiro atoms. The van der Waals surface area contributed by atoms with Crippen LogP contribution in [0.3, 0.4) is 0 Å². The van der Waals surface area contributed by atoms with Gasteiger partial charge >= 0.3 is 12.1 Å². The molecule has 0 unspecified atom stereocenters. The minimum Gasteiger partial charge on any atom is -0.465 e. The first kappa shape index (κ1) is 18.0. The van der Waals surface area contributed by atoms with Gasteiger partial charge in [-0.05, 0) is 32.9 Å². The van der Waals surface area contributed by atoms with Crippen molar-refractivity contribution in [2.75, 3.05) is 38.2 Å². The number of para-hydroxylation sites is 1. The first-order valence-electron chi connectivity index (χ1n) is 8.49. The van der Waals surface area contributed by atoms with Crippen molar-refractivity contribution in [2.24, 2.45) is 0 Å². The van der Waals surface area contributed by atoms with E-state index in [1.807, 2.05) is 25.7 Å². The highest BCUT2D eigenvalue weighted by Crippen LogP contribution is 2.26. The van der Waals surface area contributed by atoms with Crippen LogP contribution in [0.5, 0.6) is 0 Å². The second kappa shape index (κ2) is 6.86. The molecule has 8 nitrogen and oxygen atoms in total. The van der Waals surface area contributed by atoms with Crippen LogP contribution < -0.4 is 4.90 Å². The van der Waals surface area contributed by atoms with Gasteiger partial charge in [0.1, 0.15) is 11.1 Å². The topological polar surface area (TPSA) is 85.1 Å². The third-order valence-corrected chi connectivity index (χ3v) is 4.01. The van der Waals surface area contributed by atoms with Gasteiger partial charge in [0.15, 0.2) is 5.58 Å². The fourth-order valence-corrected chi connectivity index (χ4v) is 2.75. The van der Waals surface area contributed by atoms with Gasteiger partial charge in [-0.15, -0.1) is 0 Å². The minimum absolute atomic E-state index is 0.317. The molecule has 1 saturated heterocycles. The van der Waals surface area contributed by atoms with Crippen molar-refractivity contribution in [1.29, 1.82) is 0 Å².